The summed E-state index contributed by atoms with van der Waals surface area (Å²) >= 11 is 0. The van der Waals surface area contributed by atoms with Crippen molar-refractivity contribution in [2.75, 3.05) is 0 Å². The summed E-state index contributed by atoms with van der Waals surface area (Å²) in [6.45, 7) is 10.9. The van der Waals surface area contributed by atoms with Gasteiger partial charge in [0.25, 0.3) is 0 Å². The minimum Gasteiger partial charge on any atom is -0.458 e. The van der Waals surface area contributed by atoms with E-state index in [1.807, 2.05) is 6.92 Å². The molecule has 2 bridgehead atoms. The number of hydrogen-bond donors (Lipinski definition) is 2. The average molecular weight is 334 g/mol. The molecule has 5 fully saturated rings. The molecule has 24 heavy (non-hydrogen) atoms. The van der Waals surface area contributed by atoms with Crippen molar-refractivity contribution in [1.29, 1.82) is 0 Å². The molecule has 1 heterocycles. The second-order valence-corrected chi connectivity index (χ2v) is 10.2. The molecule has 12 atom stereocenters. The normalized spacial score (nSPS) is 65.6. The monoisotopic (exact) mass is 334 g/mol. The Bertz CT molecular complexity index is 615. The molecule has 4 heteroatoms. The van der Waals surface area contributed by atoms with Crippen molar-refractivity contribution in [3.05, 3.63) is 0 Å². The predicted octanol–water partition coefficient (Wildman–Crippen LogP) is 2.08. The number of ether oxygens (including phenoxy) is 1. The number of aliphatic hydroxyl groups is 2. The van der Waals surface area contributed by atoms with Gasteiger partial charge in [0.2, 0.25) is 0 Å². The lowest BCUT2D eigenvalue weighted by molar-refractivity contribution is -0.178. The molecule has 2 N–H and O–H groups in total. The van der Waals surface area contributed by atoms with Gasteiger partial charge in [0.05, 0.1) is 18.1 Å². The van der Waals surface area contributed by atoms with E-state index < -0.39 is 17.8 Å². The predicted molar refractivity (Wildman–Crippen MR) is 87.7 cm³/mol. The lowest BCUT2D eigenvalue weighted by Crippen LogP contribution is -2.59. The SMILES string of the molecule is CC1C(O)[C@H]2[C@H]3[C@@H](C[C@@H](C)[C@@H]4C(O)C(C)[C@H]5[C@H]1C(=O)O[C@@]245)C3(C)C. The van der Waals surface area contributed by atoms with E-state index in [9.17, 15) is 15.0 Å². The fourth-order valence-electron chi connectivity index (χ4n) is 8.20. The zero-order chi connectivity index (χ0) is 17.3. The highest BCUT2D eigenvalue weighted by Crippen LogP contribution is 2.77. The standard InChI is InChI=1S/C20H30O4/c1-7-6-10-14(19(10,4)5)15-16(21)8(2)11-13-9(3)17(22)12(7)20(13,15)24-18(11)23/h7-17,21-22H,6H2,1-5H3/t7-,8?,9?,10-,11+,12-,13+,14-,15-,16?,17?,20+/m1/s1. The van der Waals surface area contributed by atoms with Gasteiger partial charge >= 0.3 is 5.97 Å². The van der Waals surface area contributed by atoms with Crippen molar-refractivity contribution in [2.24, 2.45) is 58.7 Å². The summed E-state index contributed by atoms with van der Waals surface area (Å²) < 4.78 is 6.23. The highest BCUT2D eigenvalue weighted by Gasteiger charge is 2.82. The summed E-state index contributed by atoms with van der Waals surface area (Å²) in [7, 11) is 0. The number of carbonyl (C=O) groups is 1. The Morgan fingerprint density at radius 3 is 2.25 bits per heavy atom. The zero-order valence-corrected chi connectivity index (χ0v) is 15.3. The van der Waals surface area contributed by atoms with Gasteiger partial charge in [0, 0.05) is 17.8 Å². The van der Waals surface area contributed by atoms with Crippen LogP contribution in [-0.2, 0) is 9.53 Å². The third-order valence-electron chi connectivity index (χ3n) is 9.21. The second-order valence-electron chi connectivity index (χ2n) is 10.2. The molecule has 0 radical (unpaired) electrons. The molecule has 0 aromatic heterocycles. The number of hydrogen-bond acceptors (Lipinski definition) is 4. The Balaban J connectivity index is 1.75. The maximum absolute atomic E-state index is 12.8. The van der Waals surface area contributed by atoms with Crippen LogP contribution in [0.3, 0.4) is 0 Å². The van der Waals surface area contributed by atoms with Crippen LogP contribution in [-0.4, -0.2) is 34.0 Å². The third-order valence-corrected chi connectivity index (χ3v) is 9.21. The first-order valence-corrected chi connectivity index (χ1v) is 9.74. The lowest BCUT2D eigenvalue weighted by Gasteiger charge is -2.50. The molecule has 1 saturated heterocycles. The quantitative estimate of drug-likeness (QED) is 0.666. The van der Waals surface area contributed by atoms with Crippen molar-refractivity contribution < 1.29 is 19.7 Å². The smallest absolute Gasteiger partial charge is 0.310 e. The van der Waals surface area contributed by atoms with E-state index >= 15 is 0 Å². The van der Waals surface area contributed by atoms with E-state index in [2.05, 4.69) is 27.7 Å². The maximum atomic E-state index is 12.8. The molecule has 5 rings (SSSR count). The van der Waals surface area contributed by atoms with Gasteiger partial charge in [-0.1, -0.05) is 34.6 Å². The van der Waals surface area contributed by atoms with E-state index in [1.54, 1.807) is 0 Å². The molecular formula is C20H30O4. The van der Waals surface area contributed by atoms with Crippen molar-refractivity contribution in [3.8, 4) is 0 Å². The minimum atomic E-state index is -0.640. The van der Waals surface area contributed by atoms with Crippen molar-refractivity contribution >= 4 is 5.97 Å². The molecule has 4 nitrogen and oxygen atoms in total. The van der Waals surface area contributed by atoms with Crippen molar-refractivity contribution in [1.82, 2.24) is 0 Å². The first-order valence-electron chi connectivity index (χ1n) is 9.74. The molecule has 4 saturated carbocycles. The largest absolute Gasteiger partial charge is 0.458 e. The van der Waals surface area contributed by atoms with Crippen molar-refractivity contribution in [2.45, 2.75) is 58.8 Å². The fourth-order valence-corrected chi connectivity index (χ4v) is 8.20. The minimum absolute atomic E-state index is 0.0188. The van der Waals surface area contributed by atoms with Crippen LogP contribution in [0.5, 0.6) is 0 Å². The highest BCUT2D eigenvalue weighted by atomic mass is 16.6. The summed E-state index contributed by atoms with van der Waals surface area (Å²) in [6.07, 6.45) is 0.138. The van der Waals surface area contributed by atoms with E-state index in [0.29, 0.717) is 17.8 Å². The van der Waals surface area contributed by atoms with E-state index in [1.165, 1.54) is 0 Å². The van der Waals surface area contributed by atoms with E-state index in [4.69, 9.17) is 4.74 Å². The van der Waals surface area contributed by atoms with Gasteiger partial charge in [-0.2, -0.15) is 0 Å². The number of esters is 1. The first-order chi connectivity index (χ1) is 11.2. The molecule has 5 aliphatic rings. The van der Waals surface area contributed by atoms with Crippen molar-refractivity contribution in [3.63, 3.8) is 0 Å². The molecule has 134 valence electrons. The Labute approximate surface area is 144 Å². The van der Waals surface area contributed by atoms with Gasteiger partial charge < -0.3 is 14.9 Å². The molecule has 1 aliphatic heterocycles. The molecule has 1 spiro atoms. The molecule has 0 amide bonds. The highest BCUT2D eigenvalue weighted by molar-refractivity contribution is 5.78. The number of fused-ring (bicyclic) bond motifs is 2. The van der Waals surface area contributed by atoms with Crippen LogP contribution in [0.4, 0.5) is 0 Å². The molecule has 4 aliphatic carbocycles. The van der Waals surface area contributed by atoms with Gasteiger partial charge in [-0.15, -0.1) is 0 Å². The van der Waals surface area contributed by atoms with Crippen LogP contribution in [0, 0.1) is 58.7 Å². The van der Waals surface area contributed by atoms with Crippen LogP contribution in [0.25, 0.3) is 0 Å². The first kappa shape index (κ1) is 15.6. The van der Waals surface area contributed by atoms with E-state index in [0.717, 1.165) is 6.42 Å². The zero-order valence-electron chi connectivity index (χ0n) is 15.3. The van der Waals surface area contributed by atoms with Crippen LogP contribution in [0.2, 0.25) is 0 Å². The van der Waals surface area contributed by atoms with Crippen LogP contribution in [0.15, 0.2) is 0 Å². The van der Waals surface area contributed by atoms with Crippen LogP contribution < -0.4 is 0 Å². The Kier molecular flexibility index (Phi) is 2.73. The maximum Gasteiger partial charge on any atom is 0.310 e. The third kappa shape index (κ3) is 1.38. The summed E-state index contributed by atoms with van der Waals surface area (Å²) in [5.74, 6) is 0.902. The van der Waals surface area contributed by atoms with Gasteiger partial charge in [-0.25, -0.2) is 0 Å². The summed E-state index contributed by atoms with van der Waals surface area (Å²) in [5, 5.41) is 22.3. The Hall–Kier alpha value is -0.610. The lowest BCUT2D eigenvalue weighted by atomic mass is 9.56. The van der Waals surface area contributed by atoms with Crippen LogP contribution in [0.1, 0.15) is 41.0 Å². The molecule has 0 aromatic rings. The number of aliphatic hydroxyl groups excluding tert-OH is 2. The number of carbonyl (C=O) groups excluding carboxylic acids is 1. The topological polar surface area (TPSA) is 66.8 Å². The van der Waals surface area contributed by atoms with E-state index in [-0.39, 0.29) is 46.9 Å². The van der Waals surface area contributed by atoms with Gasteiger partial charge in [-0.05, 0) is 41.4 Å². The Morgan fingerprint density at radius 2 is 1.58 bits per heavy atom. The van der Waals surface area contributed by atoms with Gasteiger partial charge in [0.1, 0.15) is 5.60 Å². The second kappa shape index (κ2) is 4.20. The molecule has 4 unspecified atom stereocenters. The molecule has 0 aromatic carbocycles. The van der Waals surface area contributed by atoms with Gasteiger partial charge in [0.15, 0.2) is 0 Å². The van der Waals surface area contributed by atoms with Crippen LogP contribution >= 0.6 is 0 Å². The molecular weight excluding hydrogens is 304 g/mol. The summed E-state index contributed by atoms with van der Waals surface area (Å²) in [4.78, 5) is 12.8. The Morgan fingerprint density at radius 1 is 0.958 bits per heavy atom. The average Bonchev–Trinajstić information content (AvgIpc) is 2.82. The summed E-state index contributed by atoms with van der Waals surface area (Å²) in [6, 6.07) is 0. The number of rotatable bonds is 0. The summed E-state index contributed by atoms with van der Waals surface area (Å²) in [5.41, 5.74) is -0.443. The fraction of sp³-hybridized carbons (Fsp3) is 0.950. The van der Waals surface area contributed by atoms with Gasteiger partial charge in [-0.3, -0.25) is 4.79 Å².